The van der Waals surface area contributed by atoms with Crippen LogP contribution in [-0.2, 0) is 20.9 Å². The molecule has 4 aromatic rings. The maximum atomic E-state index is 15.4. The highest BCUT2D eigenvalue weighted by Crippen LogP contribution is 2.62. The monoisotopic (exact) mass is 985 g/mol. The van der Waals surface area contributed by atoms with Crippen LogP contribution in [0.15, 0.2) is 108 Å². The molecular formula is C61H80N2O9. The molecule has 2 heterocycles. The molecular weight excluding hydrogens is 905 g/mol. The van der Waals surface area contributed by atoms with Gasteiger partial charge in [-0.3, -0.25) is 4.79 Å². The molecule has 0 spiro atoms. The van der Waals surface area contributed by atoms with Gasteiger partial charge in [-0.15, -0.1) is 6.58 Å². The van der Waals surface area contributed by atoms with E-state index >= 15 is 4.79 Å². The van der Waals surface area contributed by atoms with Gasteiger partial charge in [0.2, 0.25) is 18.5 Å². The smallest absolute Gasteiger partial charge is 0.239 e. The van der Waals surface area contributed by atoms with E-state index in [2.05, 4.69) is 49.9 Å². The molecule has 4 aromatic carbocycles. The Labute approximate surface area is 428 Å². The van der Waals surface area contributed by atoms with Crippen LogP contribution in [0.3, 0.4) is 0 Å². The predicted molar refractivity (Wildman–Crippen MR) is 285 cm³/mol. The van der Waals surface area contributed by atoms with Gasteiger partial charge in [-0.1, -0.05) is 125 Å². The average Bonchev–Trinajstić information content (AvgIpc) is 3.85. The summed E-state index contributed by atoms with van der Waals surface area (Å²) in [4.78, 5) is 23.8. The minimum absolute atomic E-state index is 0.0213. The number of unbranched alkanes of at least 4 members (excludes halogenated alkanes) is 10. The number of rotatable bonds is 27. The van der Waals surface area contributed by atoms with Crippen molar-refractivity contribution >= 4 is 22.4 Å². The molecule has 2 aliphatic carbocycles. The first-order valence-electron chi connectivity index (χ1n) is 27.2. The van der Waals surface area contributed by atoms with Crippen molar-refractivity contribution in [3.8, 4) is 28.7 Å². The number of ether oxygens (including phenoxy) is 5. The van der Waals surface area contributed by atoms with Crippen LogP contribution >= 0.6 is 0 Å². The zero-order valence-corrected chi connectivity index (χ0v) is 43.5. The molecule has 1 fully saturated rings. The van der Waals surface area contributed by atoms with E-state index in [0.717, 1.165) is 83.9 Å². The molecule has 11 heteroatoms. The van der Waals surface area contributed by atoms with Crippen LogP contribution < -0.4 is 18.9 Å². The van der Waals surface area contributed by atoms with Gasteiger partial charge in [-0.05, 0) is 129 Å². The zero-order chi connectivity index (χ0) is 50.5. The van der Waals surface area contributed by atoms with Gasteiger partial charge in [0.05, 0.1) is 18.2 Å². The van der Waals surface area contributed by atoms with Gasteiger partial charge in [0, 0.05) is 44.1 Å². The number of oxime groups is 1. The summed E-state index contributed by atoms with van der Waals surface area (Å²) in [6.45, 7) is 13.2. The number of amides is 1. The van der Waals surface area contributed by atoms with Crippen molar-refractivity contribution in [2.24, 2.45) is 22.9 Å². The topological polar surface area (TPSA) is 129 Å². The number of carbonyl (C=O) groups excluding carboxylic acids is 1. The van der Waals surface area contributed by atoms with Crippen LogP contribution in [0, 0.1) is 17.8 Å². The normalized spacial score (nSPS) is 22.4. The molecule has 4 aliphatic rings. The number of hydrogen-bond donors (Lipinski definition) is 2. The van der Waals surface area contributed by atoms with Gasteiger partial charge < -0.3 is 43.6 Å². The van der Waals surface area contributed by atoms with Crippen LogP contribution in [0.2, 0.25) is 0 Å². The molecule has 72 heavy (non-hydrogen) atoms. The van der Waals surface area contributed by atoms with E-state index in [1.54, 1.807) is 6.08 Å². The van der Waals surface area contributed by atoms with E-state index in [-0.39, 0.29) is 56.8 Å². The summed E-state index contributed by atoms with van der Waals surface area (Å²) in [5.74, 6) is 1.58. The van der Waals surface area contributed by atoms with Crippen LogP contribution in [0.1, 0.15) is 154 Å². The summed E-state index contributed by atoms with van der Waals surface area (Å²) in [6.07, 6.45) is 19.9. The number of nitrogens with zero attached hydrogens (tertiary/aromatic N) is 2. The summed E-state index contributed by atoms with van der Waals surface area (Å²) in [5.41, 5.74) is 3.08. The van der Waals surface area contributed by atoms with E-state index in [9.17, 15) is 10.2 Å². The highest BCUT2D eigenvalue weighted by atomic mass is 16.7. The molecule has 1 saturated carbocycles. The summed E-state index contributed by atoms with van der Waals surface area (Å²) in [6, 6.07) is 25.8. The Bertz CT molecular complexity index is 2500. The fourth-order valence-electron chi connectivity index (χ4n) is 11.6. The molecule has 1 amide bonds. The Balaban J connectivity index is 1.27. The lowest BCUT2D eigenvalue weighted by atomic mass is 9.55. The lowest BCUT2D eigenvalue weighted by Gasteiger charge is -2.60. The molecule has 0 bridgehead atoms. The van der Waals surface area contributed by atoms with Crippen molar-refractivity contribution in [1.29, 1.82) is 0 Å². The number of allylic oxidation sites excluding steroid dienone is 1. The van der Waals surface area contributed by atoms with Gasteiger partial charge in [0.25, 0.3) is 0 Å². The highest BCUT2D eigenvalue weighted by molar-refractivity contribution is 6.03. The molecule has 0 saturated heterocycles. The second-order valence-electron chi connectivity index (χ2n) is 21.4. The standard InChI is InChI=1S/C61H80N2O9/c1-6-8-9-10-11-12-13-14-15-26-57(66)63(41-43-27-31-54-55(36-43)68-42-67-54)56-40-52(62-72-60(3,4)5)50-38-46(24-18-20-33-64)49(25-19-21-34-65)58-51-39-48(70-47-29-28-44-22-16-17-23-45(44)37-47)30-32-53(51)71-61(56,59(50)58)69-35-7-2/h7,16-17,22-23,27-32,36-39,46,49,56,58-59,64-65H,2,6,8-15,18-21,24-26,33-35,40-42H2,1,3-5H3. The first-order chi connectivity index (χ1) is 35.0. The second-order valence-corrected chi connectivity index (χ2v) is 21.4. The Morgan fingerprint density at radius 1 is 0.806 bits per heavy atom. The maximum Gasteiger partial charge on any atom is 0.239 e. The zero-order valence-electron chi connectivity index (χ0n) is 43.5. The van der Waals surface area contributed by atoms with Crippen molar-refractivity contribution in [2.45, 2.75) is 167 Å². The maximum absolute atomic E-state index is 15.4. The largest absolute Gasteiger partial charge is 0.459 e. The molecule has 2 N–H and O–H groups in total. The van der Waals surface area contributed by atoms with Gasteiger partial charge in [0.1, 0.15) is 28.9 Å². The van der Waals surface area contributed by atoms with Crippen molar-refractivity contribution < 1.29 is 43.5 Å². The third-order valence-corrected chi connectivity index (χ3v) is 15.0. The van der Waals surface area contributed by atoms with Crippen molar-refractivity contribution in [3.05, 3.63) is 114 Å². The number of aliphatic hydroxyl groups is 2. The molecule has 6 unspecified atom stereocenters. The van der Waals surface area contributed by atoms with Gasteiger partial charge >= 0.3 is 0 Å². The average molecular weight is 985 g/mol. The minimum Gasteiger partial charge on any atom is -0.459 e. The van der Waals surface area contributed by atoms with Crippen molar-refractivity contribution in [2.75, 3.05) is 26.6 Å². The molecule has 6 atom stereocenters. The molecule has 0 radical (unpaired) electrons. The summed E-state index contributed by atoms with van der Waals surface area (Å²) in [5, 5.41) is 27.5. The third-order valence-electron chi connectivity index (χ3n) is 15.0. The summed E-state index contributed by atoms with van der Waals surface area (Å²) >= 11 is 0. The summed E-state index contributed by atoms with van der Waals surface area (Å²) < 4.78 is 33.3. The number of hydrogen-bond acceptors (Lipinski definition) is 10. The first-order valence-corrected chi connectivity index (χ1v) is 27.2. The fourth-order valence-corrected chi connectivity index (χ4v) is 11.6. The van der Waals surface area contributed by atoms with Crippen LogP contribution in [0.4, 0.5) is 0 Å². The van der Waals surface area contributed by atoms with Gasteiger partial charge in [-0.25, -0.2) is 0 Å². The predicted octanol–water partition coefficient (Wildman–Crippen LogP) is 13.7. The third kappa shape index (κ3) is 12.7. The fraction of sp³-hybridized carbons (Fsp3) is 0.541. The van der Waals surface area contributed by atoms with E-state index < -0.39 is 23.3 Å². The number of benzene rings is 4. The van der Waals surface area contributed by atoms with Crippen LogP contribution in [0.25, 0.3) is 10.8 Å². The first kappa shape index (κ1) is 52.9. The quantitative estimate of drug-likeness (QED) is 0.0341. The van der Waals surface area contributed by atoms with E-state index in [0.29, 0.717) is 48.7 Å². The number of fused-ring (bicyclic) bond motifs is 4. The molecule has 8 rings (SSSR count). The second kappa shape index (κ2) is 25.0. The van der Waals surface area contributed by atoms with Crippen LogP contribution in [-0.4, -0.2) is 70.8 Å². The van der Waals surface area contributed by atoms with Gasteiger partial charge in [0.15, 0.2) is 11.5 Å². The Kier molecular flexibility index (Phi) is 18.4. The number of aliphatic hydroxyl groups excluding tert-OH is 2. The Morgan fingerprint density at radius 2 is 1.50 bits per heavy atom. The molecule has 388 valence electrons. The van der Waals surface area contributed by atoms with E-state index in [1.807, 2.05) is 74.2 Å². The number of carbonyl (C=O) groups is 1. The Morgan fingerprint density at radius 3 is 2.25 bits per heavy atom. The minimum atomic E-state index is -1.39. The molecule has 0 aromatic heterocycles. The van der Waals surface area contributed by atoms with Crippen LogP contribution in [0.5, 0.6) is 28.7 Å². The van der Waals surface area contributed by atoms with E-state index in [4.69, 9.17) is 33.7 Å². The molecule has 2 aliphatic heterocycles. The van der Waals surface area contributed by atoms with Gasteiger partial charge in [-0.2, -0.15) is 0 Å². The Hall–Kier alpha value is -5.36. The van der Waals surface area contributed by atoms with Crippen molar-refractivity contribution in [1.82, 2.24) is 4.90 Å². The lowest BCUT2D eigenvalue weighted by Crippen LogP contribution is -2.70. The highest BCUT2D eigenvalue weighted by Gasteiger charge is 2.65. The van der Waals surface area contributed by atoms with Crippen molar-refractivity contribution in [3.63, 3.8) is 0 Å². The summed E-state index contributed by atoms with van der Waals surface area (Å²) in [7, 11) is 0. The SMILES string of the molecule is C=CCOC12Oc3ccc(Oc4ccc5ccccc5c4)cc3C3C(CCCCO)C(CCCCO)C=C(C(=NOC(C)(C)C)CC1N(Cc1ccc4c(c1)OCO4)C(=O)CCCCCCCCCCC)C32. The lowest BCUT2D eigenvalue weighted by molar-refractivity contribution is -0.258. The van der Waals surface area contributed by atoms with E-state index in [1.165, 1.54) is 38.5 Å². The molecule has 11 nitrogen and oxygen atoms in total.